The van der Waals surface area contributed by atoms with Crippen LogP contribution < -0.4 is 5.73 Å². The second-order valence-corrected chi connectivity index (χ2v) is 4.90. The molecule has 1 aliphatic rings. The molecular formula is C12H21NS. The molecule has 0 aromatic carbocycles. The van der Waals surface area contributed by atoms with Crippen LogP contribution in [0.15, 0.2) is 6.07 Å². The van der Waals surface area contributed by atoms with Crippen LogP contribution in [0.3, 0.4) is 0 Å². The highest BCUT2D eigenvalue weighted by Crippen LogP contribution is 2.36. The molecule has 0 radical (unpaired) electrons. The molecule has 1 aromatic heterocycles. The van der Waals surface area contributed by atoms with E-state index in [4.69, 9.17) is 5.73 Å². The quantitative estimate of drug-likeness (QED) is 0.756. The Labute approximate surface area is 91.3 Å². The van der Waals surface area contributed by atoms with Gasteiger partial charge in [-0.2, -0.15) is 0 Å². The Morgan fingerprint density at radius 1 is 1.50 bits per heavy atom. The number of fused-ring (bicyclic) bond motifs is 1. The molecule has 1 aromatic rings. The summed E-state index contributed by atoms with van der Waals surface area (Å²) in [5.41, 5.74) is 7.28. The first-order valence-electron chi connectivity index (χ1n) is 5.60. The predicted octanol–water partition coefficient (Wildman–Crippen LogP) is 3.46. The lowest BCUT2D eigenvalue weighted by Gasteiger charge is -2.20. The molecule has 2 heteroatoms. The van der Waals surface area contributed by atoms with Gasteiger partial charge in [0.05, 0.1) is 0 Å². The summed E-state index contributed by atoms with van der Waals surface area (Å²) < 4.78 is 0. The van der Waals surface area contributed by atoms with E-state index >= 15 is 0 Å². The average molecular weight is 211 g/mol. The minimum atomic E-state index is 0.652. The molecule has 0 spiro atoms. The van der Waals surface area contributed by atoms with E-state index in [1.54, 1.807) is 10.4 Å². The van der Waals surface area contributed by atoms with Crippen LogP contribution in [0.4, 0.5) is 0 Å². The zero-order valence-corrected chi connectivity index (χ0v) is 10.3. The van der Waals surface area contributed by atoms with E-state index in [2.05, 4.69) is 13.0 Å². The van der Waals surface area contributed by atoms with Crippen molar-refractivity contribution in [3.05, 3.63) is 21.4 Å². The van der Waals surface area contributed by atoms with Gasteiger partial charge >= 0.3 is 0 Å². The summed E-state index contributed by atoms with van der Waals surface area (Å²) in [6.07, 6.45) is 3.90. The molecule has 80 valence electrons. The summed E-state index contributed by atoms with van der Waals surface area (Å²) in [6, 6.07) is 2.33. The number of hydrogen-bond donors (Lipinski definition) is 1. The highest BCUT2D eigenvalue weighted by atomic mass is 32.1. The van der Waals surface area contributed by atoms with Gasteiger partial charge in [0, 0.05) is 9.75 Å². The van der Waals surface area contributed by atoms with Crippen molar-refractivity contribution >= 4 is 11.3 Å². The van der Waals surface area contributed by atoms with Gasteiger partial charge in [-0.25, -0.2) is 0 Å². The molecule has 14 heavy (non-hydrogen) atoms. The molecule has 0 fully saturated rings. The number of aryl methyl sites for hydroxylation is 2. The van der Waals surface area contributed by atoms with Gasteiger partial charge in [0.15, 0.2) is 0 Å². The first kappa shape index (κ1) is 11.7. The summed E-state index contributed by atoms with van der Waals surface area (Å²) in [7, 11) is 0. The molecule has 0 aliphatic heterocycles. The fourth-order valence-electron chi connectivity index (χ4n) is 2.03. The molecule has 0 saturated heterocycles. The fourth-order valence-corrected chi connectivity index (χ4v) is 3.20. The van der Waals surface area contributed by atoms with Crippen molar-refractivity contribution < 1.29 is 0 Å². The van der Waals surface area contributed by atoms with E-state index in [0.717, 1.165) is 6.54 Å². The summed E-state index contributed by atoms with van der Waals surface area (Å²) >= 11 is 1.95. The molecule has 2 N–H and O–H groups in total. The van der Waals surface area contributed by atoms with Crippen LogP contribution >= 0.6 is 11.3 Å². The van der Waals surface area contributed by atoms with E-state index in [1.807, 2.05) is 25.2 Å². The normalized spacial score (nSPS) is 19.6. The second kappa shape index (κ2) is 5.52. The first-order chi connectivity index (χ1) is 6.81. The number of rotatable bonds is 1. The van der Waals surface area contributed by atoms with Crippen molar-refractivity contribution in [2.75, 3.05) is 6.54 Å². The van der Waals surface area contributed by atoms with E-state index in [9.17, 15) is 0 Å². The molecule has 0 bridgehead atoms. The van der Waals surface area contributed by atoms with Gasteiger partial charge in [0.25, 0.3) is 0 Å². The van der Waals surface area contributed by atoms with Crippen LogP contribution in [-0.2, 0) is 6.42 Å². The van der Waals surface area contributed by atoms with E-state index < -0.39 is 0 Å². The van der Waals surface area contributed by atoms with Crippen molar-refractivity contribution in [2.45, 2.75) is 46.0 Å². The standard InChI is InChI=1S/C10H15NS.C2H6/c1-7-5-9-8(6-11)3-2-4-10(9)12-7;1-2/h5,8H,2-4,6,11H2,1H3;1-2H3. The number of thiophene rings is 1. The summed E-state index contributed by atoms with van der Waals surface area (Å²) in [5, 5.41) is 0. The van der Waals surface area contributed by atoms with Gasteiger partial charge in [0.2, 0.25) is 0 Å². The Hall–Kier alpha value is -0.340. The van der Waals surface area contributed by atoms with Gasteiger partial charge in [-0.1, -0.05) is 13.8 Å². The summed E-state index contributed by atoms with van der Waals surface area (Å²) in [6.45, 7) is 7.01. The average Bonchev–Trinajstić information content (AvgIpc) is 2.60. The monoisotopic (exact) mass is 211 g/mol. The Bertz CT molecular complexity index is 278. The third-order valence-corrected chi connectivity index (χ3v) is 3.77. The molecule has 0 amide bonds. The molecule has 1 atom stereocenters. The zero-order valence-electron chi connectivity index (χ0n) is 9.47. The lowest BCUT2D eigenvalue weighted by atomic mass is 9.88. The first-order valence-corrected chi connectivity index (χ1v) is 6.42. The SMILES string of the molecule is CC.Cc1cc2c(s1)CCCC2CN. The molecule has 1 heterocycles. The van der Waals surface area contributed by atoms with Crippen LogP contribution in [0.2, 0.25) is 0 Å². The lowest BCUT2D eigenvalue weighted by Crippen LogP contribution is -2.16. The fraction of sp³-hybridized carbons (Fsp3) is 0.667. The smallest absolute Gasteiger partial charge is 0.00833 e. The largest absolute Gasteiger partial charge is 0.330 e. The minimum Gasteiger partial charge on any atom is -0.330 e. The van der Waals surface area contributed by atoms with Gasteiger partial charge in [0.1, 0.15) is 0 Å². The maximum absolute atomic E-state index is 5.73. The Kier molecular flexibility index (Phi) is 4.63. The maximum Gasteiger partial charge on any atom is 0.00833 e. The van der Waals surface area contributed by atoms with Crippen LogP contribution in [0.5, 0.6) is 0 Å². The van der Waals surface area contributed by atoms with Gasteiger partial charge in [-0.05, 0) is 50.3 Å². The van der Waals surface area contributed by atoms with E-state index in [1.165, 1.54) is 24.1 Å². The molecule has 0 saturated carbocycles. The van der Waals surface area contributed by atoms with Crippen LogP contribution in [0, 0.1) is 6.92 Å². The predicted molar refractivity (Wildman–Crippen MR) is 65.1 cm³/mol. The van der Waals surface area contributed by atoms with Crippen molar-refractivity contribution in [1.82, 2.24) is 0 Å². The number of hydrogen-bond acceptors (Lipinski definition) is 2. The van der Waals surface area contributed by atoms with Gasteiger partial charge in [-0.15, -0.1) is 11.3 Å². The third-order valence-electron chi connectivity index (χ3n) is 2.65. The topological polar surface area (TPSA) is 26.0 Å². The third kappa shape index (κ3) is 2.37. The van der Waals surface area contributed by atoms with Crippen LogP contribution in [0.25, 0.3) is 0 Å². The molecule has 2 rings (SSSR count). The van der Waals surface area contributed by atoms with Gasteiger partial charge in [-0.3, -0.25) is 0 Å². The van der Waals surface area contributed by atoms with Crippen molar-refractivity contribution in [2.24, 2.45) is 5.73 Å². The van der Waals surface area contributed by atoms with Gasteiger partial charge < -0.3 is 5.73 Å². The number of nitrogens with two attached hydrogens (primary N) is 1. The summed E-state index contributed by atoms with van der Waals surface area (Å²) in [5.74, 6) is 0.652. The summed E-state index contributed by atoms with van der Waals surface area (Å²) in [4.78, 5) is 3.04. The minimum absolute atomic E-state index is 0.652. The Balaban J connectivity index is 0.000000461. The molecule has 1 aliphatic carbocycles. The van der Waals surface area contributed by atoms with Crippen molar-refractivity contribution in [3.8, 4) is 0 Å². The van der Waals surface area contributed by atoms with Crippen LogP contribution in [0.1, 0.15) is 47.9 Å². The Morgan fingerprint density at radius 2 is 2.21 bits per heavy atom. The van der Waals surface area contributed by atoms with Crippen molar-refractivity contribution in [3.63, 3.8) is 0 Å². The van der Waals surface area contributed by atoms with E-state index in [-0.39, 0.29) is 0 Å². The molecular weight excluding hydrogens is 190 g/mol. The molecule has 1 unspecified atom stereocenters. The second-order valence-electron chi connectivity index (χ2n) is 3.56. The Morgan fingerprint density at radius 3 is 2.86 bits per heavy atom. The van der Waals surface area contributed by atoms with Crippen LogP contribution in [-0.4, -0.2) is 6.54 Å². The highest BCUT2D eigenvalue weighted by molar-refractivity contribution is 7.12. The van der Waals surface area contributed by atoms with E-state index in [0.29, 0.717) is 5.92 Å². The maximum atomic E-state index is 5.73. The van der Waals surface area contributed by atoms with Crippen molar-refractivity contribution in [1.29, 1.82) is 0 Å². The highest BCUT2D eigenvalue weighted by Gasteiger charge is 2.20. The molecule has 1 nitrogen and oxygen atoms in total. The lowest BCUT2D eigenvalue weighted by molar-refractivity contribution is 0.567. The zero-order chi connectivity index (χ0) is 10.6.